The second-order valence-electron chi connectivity index (χ2n) is 14.4. The molecule has 0 spiro atoms. The number of imidazole rings is 2. The zero-order valence-electron chi connectivity index (χ0n) is 31.5. The van der Waals surface area contributed by atoms with E-state index in [2.05, 4.69) is 40.5 Å². The topological polar surface area (TPSA) is 387 Å². The third-order valence-corrected chi connectivity index (χ3v) is 14.8. The van der Waals surface area contributed by atoms with Crippen LogP contribution in [-0.2, 0) is 52.6 Å². The van der Waals surface area contributed by atoms with Crippen LogP contribution in [0.25, 0.3) is 22.3 Å². The second kappa shape index (κ2) is 16.4. The Morgan fingerprint density at radius 3 is 2.10 bits per heavy atom. The standard InChI is InChI=1S/C29H43N10O17P3/c1-4-12-7-13(12)5-6-14-15(53-27(21(14)50-3)38-10-32-17-22(38)33-28(30)35-24(17)42)8-51-57(44,45)55-59(48,49)56-58(46,47)52-9-16-19(40)20(41)26(54-16)39-11-37(2)18-23(39)34-29(31)36-25(18)43/h10-16,19-21,26-27,40-41H,4-9H2,1-3H3,(H8-,30,31,33,34,35,36,42,43,44,45,46,47,48,49)/p+1/t12?,13-,14?,15-,16-,19?,20+,21?,26-,27-/m1/s1. The molecule has 3 aliphatic rings. The molecule has 1 aliphatic carbocycles. The van der Waals surface area contributed by atoms with Gasteiger partial charge in [0.25, 0.3) is 16.7 Å². The van der Waals surface area contributed by atoms with E-state index in [4.69, 9.17) is 34.7 Å². The van der Waals surface area contributed by atoms with Crippen molar-refractivity contribution in [2.24, 2.45) is 24.8 Å². The van der Waals surface area contributed by atoms with Gasteiger partial charge in [-0.15, -0.1) is 0 Å². The lowest BCUT2D eigenvalue weighted by Crippen LogP contribution is -2.34. The van der Waals surface area contributed by atoms with E-state index in [1.165, 1.54) is 40.5 Å². The maximum absolute atomic E-state index is 13.0. The van der Waals surface area contributed by atoms with Gasteiger partial charge in [0.2, 0.25) is 24.5 Å². The molecule has 0 amide bonds. The molecule has 326 valence electrons. The maximum Gasteiger partial charge on any atom is 0.490 e. The van der Waals surface area contributed by atoms with Gasteiger partial charge in [0.15, 0.2) is 17.4 Å². The fourth-order valence-electron chi connectivity index (χ4n) is 7.72. The monoisotopic (exact) mass is 897 g/mol. The Morgan fingerprint density at radius 1 is 0.864 bits per heavy atom. The molecule has 6 heterocycles. The molecule has 0 bridgehead atoms. The van der Waals surface area contributed by atoms with Gasteiger partial charge in [-0.05, 0) is 31.1 Å². The van der Waals surface area contributed by atoms with E-state index < -0.39 is 96.7 Å². The summed E-state index contributed by atoms with van der Waals surface area (Å²) in [5.74, 6) is 0.0383. The average molecular weight is 898 g/mol. The smallest absolute Gasteiger partial charge is 0.387 e. The second-order valence-corrected chi connectivity index (χ2v) is 19.0. The van der Waals surface area contributed by atoms with E-state index in [0.29, 0.717) is 18.3 Å². The van der Waals surface area contributed by atoms with Crippen LogP contribution < -0.4 is 27.2 Å². The number of nitrogens with two attached hydrogens (primary N) is 2. The van der Waals surface area contributed by atoms with Gasteiger partial charge in [0, 0.05) is 13.0 Å². The molecule has 27 nitrogen and oxygen atoms in total. The third-order valence-electron chi connectivity index (χ3n) is 10.6. The van der Waals surface area contributed by atoms with Crippen molar-refractivity contribution in [2.75, 3.05) is 31.8 Å². The number of hydrogen-bond acceptors (Lipinski definition) is 19. The van der Waals surface area contributed by atoms with Crippen molar-refractivity contribution in [3.8, 4) is 0 Å². The van der Waals surface area contributed by atoms with Crippen LogP contribution in [0.2, 0.25) is 0 Å². The highest BCUT2D eigenvalue weighted by Crippen LogP contribution is 2.68. The number of nitrogens with one attached hydrogen (secondary N) is 2. The number of rotatable bonds is 17. The van der Waals surface area contributed by atoms with Gasteiger partial charge in [-0.25, -0.2) is 23.2 Å². The Bertz CT molecular complexity index is 2480. The molecule has 3 fully saturated rings. The van der Waals surface area contributed by atoms with Gasteiger partial charge in [-0.3, -0.25) is 33.2 Å². The number of fused-ring (bicyclic) bond motifs is 2. The van der Waals surface area contributed by atoms with E-state index in [1.807, 2.05) is 0 Å². The van der Waals surface area contributed by atoms with Crippen molar-refractivity contribution in [1.29, 1.82) is 0 Å². The van der Waals surface area contributed by atoms with E-state index in [-0.39, 0.29) is 34.2 Å². The maximum atomic E-state index is 13.0. The highest BCUT2D eigenvalue weighted by Gasteiger charge is 2.51. The van der Waals surface area contributed by atoms with Crippen LogP contribution >= 0.6 is 23.5 Å². The molecule has 7 rings (SSSR count). The van der Waals surface area contributed by atoms with Crippen LogP contribution in [0.1, 0.15) is 45.1 Å². The Labute approximate surface area is 332 Å². The lowest BCUT2D eigenvalue weighted by atomic mass is 9.91. The van der Waals surface area contributed by atoms with Crippen molar-refractivity contribution in [1.82, 2.24) is 34.1 Å². The van der Waals surface area contributed by atoms with Gasteiger partial charge in [0.05, 0.1) is 32.7 Å². The zero-order chi connectivity index (χ0) is 42.8. The van der Waals surface area contributed by atoms with Gasteiger partial charge in [-0.2, -0.15) is 23.2 Å². The number of aryl methyl sites for hydroxylation is 1. The van der Waals surface area contributed by atoms with Crippen molar-refractivity contribution < 1.29 is 75.0 Å². The highest BCUT2D eigenvalue weighted by molar-refractivity contribution is 7.66. The van der Waals surface area contributed by atoms with E-state index in [1.54, 1.807) is 0 Å². The van der Waals surface area contributed by atoms with Crippen LogP contribution in [0.5, 0.6) is 0 Å². The number of aliphatic hydroxyl groups excluding tert-OH is 2. The van der Waals surface area contributed by atoms with E-state index >= 15 is 0 Å². The Balaban J connectivity index is 0.990. The van der Waals surface area contributed by atoms with Gasteiger partial charge in [-0.1, -0.05) is 13.3 Å². The molecule has 2 saturated heterocycles. The third kappa shape index (κ3) is 9.10. The molecule has 4 aromatic rings. The van der Waals surface area contributed by atoms with Crippen LogP contribution in [-0.4, -0.2) is 110 Å². The lowest BCUT2D eigenvalue weighted by molar-refractivity contribution is -0.646. The first kappa shape index (κ1) is 43.6. The molecule has 0 aromatic carbocycles. The van der Waals surface area contributed by atoms with Gasteiger partial charge < -0.3 is 50.6 Å². The van der Waals surface area contributed by atoms with Gasteiger partial charge in [0.1, 0.15) is 24.4 Å². The molecule has 59 heavy (non-hydrogen) atoms. The summed E-state index contributed by atoms with van der Waals surface area (Å²) in [6.07, 6.45) is -3.37. The number of aromatic nitrogens is 8. The quantitative estimate of drug-likeness (QED) is 0.0462. The Hall–Kier alpha value is -3.49. The first-order valence-electron chi connectivity index (χ1n) is 18.1. The summed E-state index contributed by atoms with van der Waals surface area (Å²) >= 11 is 0. The Morgan fingerprint density at radius 2 is 1.47 bits per heavy atom. The molecule has 7 unspecified atom stereocenters. The van der Waals surface area contributed by atoms with Crippen molar-refractivity contribution in [3.63, 3.8) is 0 Å². The minimum atomic E-state index is -5.95. The first-order valence-corrected chi connectivity index (χ1v) is 22.6. The van der Waals surface area contributed by atoms with E-state index in [9.17, 15) is 48.2 Å². The summed E-state index contributed by atoms with van der Waals surface area (Å²) in [5, 5.41) is 21.3. The SMILES string of the molecule is CCC1C[C@H]1CCC1C(OC)[C@H](n2cnc3c(=O)[nH]c(N)nc32)O[C@@H]1COP(=O)(O)OP(=O)(O)OP(=O)(O)OC[C@H]1O[C@@H](n2c[n+](C)c3c(=O)[nH]c(N)nc32)[C@@H](O)C1O. The first-order chi connectivity index (χ1) is 27.7. The number of aromatic amines is 2. The lowest BCUT2D eigenvalue weighted by Gasteiger charge is -2.24. The minimum absolute atomic E-state index is 0.0319. The fraction of sp³-hybridized carbons (Fsp3) is 0.655. The molecule has 4 aromatic heterocycles. The molecule has 2 aliphatic heterocycles. The van der Waals surface area contributed by atoms with Crippen LogP contribution in [0.3, 0.4) is 0 Å². The van der Waals surface area contributed by atoms with Crippen molar-refractivity contribution in [2.45, 2.75) is 75.6 Å². The normalized spacial score (nSPS) is 31.4. The number of methoxy groups -OCH3 is 1. The summed E-state index contributed by atoms with van der Waals surface area (Å²) in [5.41, 5.74) is 10.2. The molecular weight excluding hydrogens is 853 g/mol. The molecule has 13 atom stereocenters. The number of hydrogen-bond donors (Lipinski definition) is 9. The summed E-state index contributed by atoms with van der Waals surface area (Å²) in [7, 11) is -14.3. The predicted molar refractivity (Wildman–Crippen MR) is 197 cm³/mol. The van der Waals surface area contributed by atoms with Gasteiger partial charge >= 0.3 is 29.0 Å². The highest BCUT2D eigenvalue weighted by atomic mass is 31.3. The number of anilines is 2. The summed E-state index contributed by atoms with van der Waals surface area (Å²) in [6, 6.07) is 0. The Kier molecular flexibility index (Phi) is 12.1. The van der Waals surface area contributed by atoms with Crippen molar-refractivity contribution >= 4 is 57.7 Å². The number of H-pyrrole nitrogens is 2. The minimum Gasteiger partial charge on any atom is -0.387 e. The largest absolute Gasteiger partial charge is 0.490 e. The molecule has 30 heteroatoms. The number of nitrogen functional groups attached to an aromatic ring is 2. The molecule has 1 saturated carbocycles. The molecular formula is C29H44N10O17P3+. The number of nitrogens with zero attached hydrogens (tertiary/aromatic N) is 6. The molecule has 11 N–H and O–H groups in total. The van der Waals surface area contributed by atoms with E-state index in [0.717, 1.165) is 19.3 Å². The number of ether oxygens (including phenoxy) is 3. The summed E-state index contributed by atoms with van der Waals surface area (Å²) < 4.78 is 78.5. The van der Waals surface area contributed by atoms with Crippen LogP contribution in [0.4, 0.5) is 11.9 Å². The average Bonchev–Trinajstić information content (AvgIpc) is 3.33. The number of phosphoric acid groups is 3. The summed E-state index contributed by atoms with van der Waals surface area (Å²) in [6.45, 7) is 0.325. The van der Waals surface area contributed by atoms with Crippen LogP contribution in [0, 0.1) is 17.8 Å². The predicted octanol–water partition coefficient (Wildman–Crippen LogP) is -0.812. The van der Waals surface area contributed by atoms with Crippen molar-refractivity contribution in [3.05, 3.63) is 33.4 Å². The fourth-order valence-corrected chi connectivity index (χ4v) is 11.2. The number of aliphatic hydroxyl groups is 2. The van der Waals surface area contributed by atoms with Crippen LogP contribution in [0.15, 0.2) is 22.2 Å². The summed E-state index contributed by atoms with van der Waals surface area (Å²) in [4.78, 5) is 72.8. The molecule has 0 radical (unpaired) electrons. The number of phosphoric ester groups is 2. The zero-order valence-corrected chi connectivity index (χ0v) is 34.2.